The van der Waals surface area contributed by atoms with Gasteiger partial charge in [0, 0.05) is 17.3 Å². The Morgan fingerprint density at radius 1 is 0.921 bits per heavy atom. The normalized spacial score (nSPS) is 10.8. The molecular formula is C28H23N5O4S. The number of anilines is 1. The maximum absolute atomic E-state index is 12.8. The molecule has 190 valence electrons. The Morgan fingerprint density at radius 2 is 1.71 bits per heavy atom. The van der Waals surface area contributed by atoms with Crippen molar-refractivity contribution >= 4 is 40.2 Å². The second-order valence-corrected chi connectivity index (χ2v) is 9.01. The molecule has 0 bridgehead atoms. The van der Waals surface area contributed by atoms with Gasteiger partial charge in [-0.3, -0.25) is 14.3 Å². The average molecular weight is 526 g/mol. The summed E-state index contributed by atoms with van der Waals surface area (Å²) in [4.78, 5) is 29.2. The van der Waals surface area contributed by atoms with Crippen LogP contribution in [-0.4, -0.2) is 44.5 Å². The first-order valence-electron chi connectivity index (χ1n) is 11.7. The first kappa shape index (κ1) is 25.0. The number of carbonyl (C=O) groups is 2. The Hall–Kier alpha value is -4.70. The lowest BCUT2D eigenvalue weighted by Gasteiger charge is -2.12. The van der Waals surface area contributed by atoms with Crippen LogP contribution in [0.3, 0.4) is 0 Å². The second kappa shape index (κ2) is 11.6. The van der Waals surface area contributed by atoms with Gasteiger partial charge in [-0.25, -0.2) is 4.79 Å². The summed E-state index contributed by atoms with van der Waals surface area (Å²) in [6.07, 6.45) is 1.73. The summed E-state index contributed by atoms with van der Waals surface area (Å²) >= 11 is 1.23. The molecule has 0 saturated carbocycles. The van der Waals surface area contributed by atoms with Gasteiger partial charge in [0.05, 0.1) is 24.1 Å². The van der Waals surface area contributed by atoms with Crippen molar-refractivity contribution in [3.63, 3.8) is 0 Å². The van der Waals surface area contributed by atoms with E-state index in [4.69, 9.17) is 9.47 Å². The molecule has 1 amide bonds. The van der Waals surface area contributed by atoms with Crippen LogP contribution in [0.15, 0.2) is 96.3 Å². The summed E-state index contributed by atoms with van der Waals surface area (Å²) in [7, 11) is 1.30. The van der Waals surface area contributed by atoms with Crippen LogP contribution < -0.4 is 10.1 Å². The molecule has 2 heterocycles. The first-order valence-corrected chi connectivity index (χ1v) is 12.7. The minimum absolute atomic E-state index is 0.0502. The molecule has 0 saturated heterocycles. The molecule has 0 aliphatic carbocycles. The number of ether oxygens (including phenoxy) is 2. The van der Waals surface area contributed by atoms with E-state index in [0.717, 1.165) is 16.6 Å². The number of nitrogens with zero attached hydrogens (tertiary/aromatic N) is 4. The number of carbonyl (C=O) groups excluding carboxylic acids is 2. The number of rotatable bonds is 9. The third-order valence-electron chi connectivity index (χ3n) is 5.61. The van der Waals surface area contributed by atoms with Crippen LogP contribution >= 0.6 is 11.8 Å². The zero-order valence-corrected chi connectivity index (χ0v) is 21.2. The minimum Gasteiger partial charge on any atom is -0.483 e. The Labute approximate surface area is 222 Å². The molecule has 38 heavy (non-hydrogen) atoms. The number of aromatic nitrogens is 4. The van der Waals surface area contributed by atoms with E-state index in [1.54, 1.807) is 30.5 Å². The monoisotopic (exact) mass is 525 g/mol. The van der Waals surface area contributed by atoms with Crippen LogP contribution in [0.4, 0.5) is 5.69 Å². The lowest BCUT2D eigenvalue weighted by Crippen LogP contribution is -2.17. The number of fused-ring (bicyclic) bond motifs is 1. The van der Waals surface area contributed by atoms with E-state index in [2.05, 4.69) is 20.5 Å². The fourth-order valence-electron chi connectivity index (χ4n) is 3.86. The van der Waals surface area contributed by atoms with Gasteiger partial charge in [-0.15, -0.1) is 10.2 Å². The van der Waals surface area contributed by atoms with Crippen LogP contribution in [0.5, 0.6) is 5.75 Å². The quantitative estimate of drug-likeness (QED) is 0.214. The summed E-state index contributed by atoms with van der Waals surface area (Å²) < 4.78 is 12.8. The van der Waals surface area contributed by atoms with Crippen LogP contribution in [-0.2, 0) is 16.1 Å². The predicted molar refractivity (Wildman–Crippen MR) is 145 cm³/mol. The lowest BCUT2D eigenvalue weighted by molar-refractivity contribution is -0.113. The maximum Gasteiger partial charge on any atom is 0.339 e. The smallest absolute Gasteiger partial charge is 0.339 e. The van der Waals surface area contributed by atoms with E-state index in [1.807, 2.05) is 65.2 Å². The number of hydrogen-bond donors (Lipinski definition) is 1. The molecule has 5 rings (SSSR count). The summed E-state index contributed by atoms with van der Waals surface area (Å²) in [5, 5.41) is 13.0. The summed E-state index contributed by atoms with van der Waals surface area (Å²) in [6.45, 7) is 0.150. The second-order valence-electron chi connectivity index (χ2n) is 8.06. The van der Waals surface area contributed by atoms with Crippen LogP contribution in [0.1, 0.15) is 16.2 Å². The van der Waals surface area contributed by atoms with E-state index in [-0.39, 0.29) is 23.8 Å². The third-order valence-corrected chi connectivity index (χ3v) is 6.54. The molecule has 0 fully saturated rings. The van der Waals surface area contributed by atoms with Gasteiger partial charge in [0.25, 0.3) is 0 Å². The van der Waals surface area contributed by atoms with Crippen molar-refractivity contribution in [3.05, 3.63) is 103 Å². The first-order chi connectivity index (χ1) is 18.6. The van der Waals surface area contributed by atoms with Gasteiger partial charge in [-0.2, -0.15) is 0 Å². The number of nitrogens with one attached hydrogen (secondary N) is 1. The van der Waals surface area contributed by atoms with Crippen molar-refractivity contribution in [2.24, 2.45) is 0 Å². The molecule has 3 aromatic carbocycles. The zero-order valence-electron chi connectivity index (χ0n) is 20.4. The van der Waals surface area contributed by atoms with Crippen LogP contribution in [0.2, 0.25) is 0 Å². The fourth-order valence-corrected chi connectivity index (χ4v) is 4.63. The molecule has 0 spiro atoms. The van der Waals surface area contributed by atoms with E-state index < -0.39 is 5.97 Å². The van der Waals surface area contributed by atoms with Crippen molar-refractivity contribution in [1.82, 2.24) is 19.7 Å². The number of methoxy groups -OCH3 is 1. The van der Waals surface area contributed by atoms with Crippen molar-refractivity contribution in [1.29, 1.82) is 0 Å². The molecule has 0 aliphatic rings. The topological polar surface area (TPSA) is 108 Å². The van der Waals surface area contributed by atoms with E-state index in [0.29, 0.717) is 22.4 Å². The average Bonchev–Trinajstić information content (AvgIpc) is 3.38. The Bertz CT molecular complexity index is 1580. The third kappa shape index (κ3) is 5.50. The Kier molecular flexibility index (Phi) is 7.60. The Morgan fingerprint density at radius 3 is 2.55 bits per heavy atom. The highest BCUT2D eigenvalue weighted by molar-refractivity contribution is 7.99. The van der Waals surface area contributed by atoms with Crippen LogP contribution in [0.25, 0.3) is 16.6 Å². The molecular weight excluding hydrogens is 502 g/mol. The molecule has 0 atom stereocenters. The van der Waals surface area contributed by atoms with Gasteiger partial charge in [-0.1, -0.05) is 60.3 Å². The number of pyridine rings is 1. The molecule has 2 aromatic heterocycles. The largest absolute Gasteiger partial charge is 0.483 e. The number of hydrogen-bond acceptors (Lipinski definition) is 8. The van der Waals surface area contributed by atoms with Crippen molar-refractivity contribution in [2.45, 2.75) is 11.8 Å². The molecule has 0 unspecified atom stereocenters. The SMILES string of the molecule is COC(=O)c1ccccc1NC(=O)CSc1nnc(COc2cccc3cccnc23)n1-c1ccccc1. The number of benzene rings is 3. The number of thioether (sulfide) groups is 1. The van der Waals surface area contributed by atoms with Gasteiger partial charge in [0.1, 0.15) is 17.9 Å². The van der Waals surface area contributed by atoms with E-state index >= 15 is 0 Å². The predicted octanol–water partition coefficient (Wildman–Crippen LogP) is 4.91. The van der Waals surface area contributed by atoms with Crippen LogP contribution in [0, 0.1) is 0 Å². The molecule has 1 N–H and O–H groups in total. The van der Waals surface area contributed by atoms with E-state index in [9.17, 15) is 9.59 Å². The minimum atomic E-state index is -0.525. The molecule has 10 heteroatoms. The molecule has 5 aromatic rings. The maximum atomic E-state index is 12.8. The van der Waals surface area contributed by atoms with Gasteiger partial charge >= 0.3 is 5.97 Å². The van der Waals surface area contributed by atoms with Gasteiger partial charge in [-0.05, 0) is 36.4 Å². The number of amides is 1. The van der Waals surface area contributed by atoms with Crippen molar-refractivity contribution in [2.75, 3.05) is 18.2 Å². The fraction of sp³-hybridized carbons (Fsp3) is 0.107. The highest BCUT2D eigenvalue weighted by atomic mass is 32.2. The molecule has 9 nitrogen and oxygen atoms in total. The van der Waals surface area contributed by atoms with Crippen molar-refractivity contribution < 1.29 is 19.1 Å². The molecule has 0 radical (unpaired) electrons. The standard InChI is InChI=1S/C28H23N5O4S/c1-36-27(35)21-13-5-6-14-22(21)30-25(34)18-38-28-32-31-24(33(28)20-11-3-2-4-12-20)17-37-23-15-7-9-19-10-8-16-29-26(19)23/h2-16H,17-18H2,1H3,(H,30,34). The zero-order chi connectivity index (χ0) is 26.3. The lowest BCUT2D eigenvalue weighted by atomic mass is 10.2. The summed E-state index contributed by atoms with van der Waals surface area (Å²) in [6, 6.07) is 25.9. The van der Waals surface area contributed by atoms with E-state index in [1.165, 1.54) is 18.9 Å². The Balaban J connectivity index is 1.34. The highest BCUT2D eigenvalue weighted by Gasteiger charge is 2.18. The number of para-hydroxylation sites is 3. The summed E-state index contributed by atoms with van der Waals surface area (Å²) in [5.41, 5.74) is 2.26. The van der Waals surface area contributed by atoms with Gasteiger partial charge in [0.2, 0.25) is 5.91 Å². The summed E-state index contributed by atoms with van der Waals surface area (Å²) in [5.74, 6) is 0.442. The van der Waals surface area contributed by atoms with Crippen molar-refractivity contribution in [3.8, 4) is 11.4 Å². The number of esters is 1. The molecule has 0 aliphatic heterocycles. The van der Waals surface area contributed by atoms with Gasteiger partial charge < -0.3 is 14.8 Å². The van der Waals surface area contributed by atoms with Gasteiger partial charge in [0.15, 0.2) is 11.0 Å². The highest BCUT2D eigenvalue weighted by Crippen LogP contribution is 2.26.